The minimum absolute atomic E-state index is 0.274. The van der Waals surface area contributed by atoms with Crippen molar-refractivity contribution >= 4 is 23.2 Å². The molecule has 0 saturated carbocycles. The molecule has 2 aromatic carbocycles. The summed E-state index contributed by atoms with van der Waals surface area (Å²) in [5, 5.41) is 7.76. The van der Waals surface area contributed by atoms with E-state index < -0.39 is 0 Å². The van der Waals surface area contributed by atoms with Crippen molar-refractivity contribution in [1.82, 2.24) is 9.78 Å². The Hall–Kier alpha value is -2.99. The van der Waals surface area contributed by atoms with Crippen molar-refractivity contribution in [2.75, 3.05) is 19.5 Å². The van der Waals surface area contributed by atoms with Crippen LogP contribution in [-0.2, 0) is 6.54 Å². The molecule has 26 heavy (non-hydrogen) atoms. The molecule has 0 spiro atoms. The topological polar surface area (TPSA) is 65.4 Å². The lowest BCUT2D eigenvalue weighted by molar-refractivity contribution is 0.102. The molecule has 0 unspecified atom stereocenters. The lowest BCUT2D eigenvalue weighted by Gasteiger charge is -2.08. The molecule has 3 aromatic rings. The average Bonchev–Trinajstić information content (AvgIpc) is 3.07. The Bertz CT molecular complexity index is 902. The number of carbonyl (C=O) groups excluding carboxylic acids is 1. The van der Waals surface area contributed by atoms with Gasteiger partial charge in [-0.15, -0.1) is 0 Å². The second kappa shape index (κ2) is 7.93. The second-order valence-electron chi connectivity index (χ2n) is 5.61. The number of rotatable bonds is 6. The van der Waals surface area contributed by atoms with Gasteiger partial charge in [0.25, 0.3) is 5.91 Å². The highest BCUT2D eigenvalue weighted by Crippen LogP contribution is 2.23. The predicted molar refractivity (Wildman–Crippen MR) is 100 cm³/mol. The Morgan fingerprint density at radius 2 is 1.88 bits per heavy atom. The van der Waals surface area contributed by atoms with Crippen molar-refractivity contribution in [3.8, 4) is 11.5 Å². The monoisotopic (exact) mass is 371 g/mol. The maximum absolute atomic E-state index is 12.5. The van der Waals surface area contributed by atoms with Gasteiger partial charge in [0.2, 0.25) is 0 Å². The number of anilines is 1. The van der Waals surface area contributed by atoms with E-state index in [9.17, 15) is 4.79 Å². The van der Waals surface area contributed by atoms with E-state index in [0.717, 1.165) is 5.56 Å². The summed E-state index contributed by atoms with van der Waals surface area (Å²) < 4.78 is 12.1. The number of methoxy groups -OCH3 is 2. The van der Waals surface area contributed by atoms with Gasteiger partial charge in [-0.1, -0.05) is 23.7 Å². The summed E-state index contributed by atoms with van der Waals surface area (Å²) in [6, 6.07) is 12.6. The van der Waals surface area contributed by atoms with Crippen LogP contribution in [0.2, 0.25) is 5.02 Å². The predicted octanol–water partition coefficient (Wildman–Crippen LogP) is 3.85. The zero-order valence-electron chi connectivity index (χ0n) is 14.4. The van der Waals surface area contributed by atoms with Crippen LogP contribution >= 0.6 is 11.6 Å². The smallest absolute Gasteiger partial charge is 0.256 e. The highest BCUT2D eigenvalue weighted by Gasteiger charge is 2.11. The largest absolute Gasteiger partial charge is 0.497 e. The Morgan fingerprint density at radius 1 is 1.15 bits per heavy atom. The Morgan fingerprint density at radius 3 is 2.54 bits per heavy atom. The fraction of sp³-hybridized carbons (Fsp3) is 0.158. The third kappa shape index (κ3) is 4.34. The maximum Gasteiger partial charge on any atom is 0.256 e. The van der Waals surface area contributed by atoms with E-state index in [1.165, 1.54) is 14.2 Å². The van der Waals surface area contributed by atoms with Crippen LogP contribution in [0.1, 0.15) is 15.9 Å². The van der Waals surface area contributed by atoms with Gasteiger partial charge in [-0.2, -0.15) is 5.10 Å². The van der Waals surface area contributed by atoms with Crippen LogP contribution in [0.3, 0.4) is 0 Å². The van der Waals surface area contributed by atoms with E-state index in [2.05, 4.69) is 10.4 Å². The van der Waals surface area contributed by atoms with Gasteiger partial charge in [0.1, 0.15) is 11.5 Å². The zero-order chi connectivity index (χ0) is 18.5. The van der Waals surface area contributed by atoms with Gasteiger partial charge < -0.3 is 14.8 Å². The fourth-order valence-electron chi connectivity index (χ4n) is 2.48. The average molecular weight is 372 g/mol. The van der Waals surface area contributed by atoms with E-state index in [1.807, 2.05) is 24.3 Å². The summed E-state index contributed by atoms with van der Waals surface area (Å²) in [6.45, 7) is 0.559. The number of benzene rings is 2. The van der Waals surface area contributed by atoms with Gasteiger partial charge in [-0.3, -0.25) is 9.48 Å². The van der Waals surface area contributed by atoms with Crippen molar-refractivity contribution in [2.24, 2.45) is 0 Å². The molecule has 0 aliphatic carbocycles. The molecule has 1 heterocycles. The van der Waals surface area contributed by atoms with E-state index in [-0.39, 0.29) is 5.91 Å². The highest BCUT2D eigenvalue weighted by molar-refractivity contribution is 6.30. The van der Waals surface area contributed by atoms with Gasteiger partial charge in [0.15, 0.2) is 0 Å². The number of hydrogen-bond donors (Lipinski definition) is 1. The molecule has 0 aliphatic heterocycles. The minimum Gasteiger partial charge on any atom is -0.497 e. The Labute approximate surface area is 156 Å². The molecule has 0 aliphatic rings. The first-order valence-corrected chi connectivity index (χ1v) is 8.26. The minimum atomic E-state index is -0.274. The molecule has 0 fully saturated rings. The number of hydrogen-bond acceptors (Lipinski definition) is 4. The lowest BCUT2D eigenvalue weighted by atomic mass is 10.2. The van der Waals surface area contributed by atoms with Gasteiger partial charge >= 0.3 is 0 Å². The Kier molecular flexibility index (Phi) is 5.43. The number of nitrogens with one attached hydrogen (secondary N) is 1. The molecular formula is C19H18ClN3O3. The molecule has 0 saturated heterocycles. The normalized spacial score (nSPS) is 10.4. The number of carbonyl (C=O) groups is 1. The number of aromatic nitrogens is 2. The van der Waals surface area contributed by atoms with E-state index in [0.29, 0.717) is 34.3 Å². The third-order valence-electron chi connectivity index (χ3n) is 3.74. The molecule has 1 amide bonds. The number of nitrogens with zero attached hydrogens (tertiary/aromatic N) is 2. The number of halogens is 1. The molecule has 0 atom stereocenters. The summed E-state index contributed by atoms with van der Waals surface area (Å²) in [4.78, 5) is 12.5. The van der Waals surface area contributed by atoms with E-state index in [4.69, 9.17) is 21.1 Å². The Balaban J connectivity index is 1.71. The summed E-state index contributed by atoms with van der Waals surface area (Å²) in [7, 11) is 3.08. The lowest BCUT2D eigenvalue weighted by Crippen LogP contribution is -2.11. The summed E-state index contributed by atoms with van der Waals surface area (Å²) in [6.07, 6.45) is 3.36. The standard InChI is InChI=1S/C19H18ClN3O3/c1-25-17-7-14(8-18(9-17)26-2)19(24)22-16-10-21-23(12-16)11-13-4-3-5-15(20)6-13/h3-10,12H,11H2,1-2H3,(H,22,24). The second-order valence-corrected chi connectivity index (χ2v) is 6.05. The fourth-order valence-corrected chi connectivity index (χ4v) is 2.69. The number of ether oxygens (including phenoxy) is 2. The van der Waals surface area contributed by atoms with Crippen LogP contribution in [0.4, 0.5) is 5.69 Å². The van der Waals surface area contributed by atoms with Crippen LogP contribution in [0.25, 0.3) is 0 Å². The van der Waals surface area contributed by atoms with Crippen molar-refractivity contribution in [3.63, 3.8) is 0 Å². The van der Waals surface area contributed by atoms with E-state index in [1.54, 1.807) is 35.3 Å². The summed E-state index contributed by atoms with van der Waals surface area (Å²) >= 11 is 6.00. The molecule has 134 valence electrons. The van der Waals surface area contributed by atoms with Crippen LogP contribution in [0, 0.1) is 0 Å². The maximum atomic E-state index is 12.5. The molecule has 0 bridgehead atoms. The number of amides is 1. The molecule has 7 heteroatoms. The summed E-state index contributed by atoms with van der Waals surface area (Å²) in [5.41, 5.74) is 2.05. The van der Waals surface area contributed by atoms with Crippen molar-refractivity contribution in [2.45, 2.75) is 6.54 Å². The molecule has 1 aromatic heterocycles. The van der Waals surface area contributed by atoms with Gasteiger partial charge in [0.05, 0.1) is 32.6 Å². The van der Waals surface area contributed by atoms with Crippen LogP contribution in [-0.4, -0.2) is 29.9 Å². The van der Waals surface area contributed by atoms with Crippen LogP contribution in [0.5, 0.6) is 11.5 Å². The van der Waals surface area contributed by atoms with Crippen molar-refractivity contribution < 1.29 is 14.3 Å². The van der Waals surface area contributed by atoms with Crippen molar-refractivity contribution in [1.29, 1.82) is 0 Å². The molecule has 6 nitrogen and oxygen atoms in total. The summed E-state index contributed by atoms with van der Waals surface area (Å²) in [5.74, 6) is 0.821. The first-order chi connectivity index (χ1) is 12.6. The highest BCUT2D eigenvalue weighted by atomic mass is 35.5. The molecule has 3 rings (SSSR count). The van der Waals surface area contributed by atoms with Gasteiger partial charge in [-0.25, -0.2) is 0 Å². The molecule has 1 N–H and O–H groups in total. The first-order valence-electron chi connectivity index (χ1n) is 7.88. The first kappa shape index (κ1) is 17.8. The third-order valence-corrected chi connectivity index (χ3v) is 3.97. The molecular weight excluding hydrogens is 354 g/mol. The van der Waals surface area contributed by atoms with E-state index >= 15 is 0 Å². The van der Waals surface area contributed by atoms with Crippen LogP contribution in [0.15, 0.2) is 54.9 Å². The van der Waals surface area contributed by atoms with Crippen LogP contribution < -0.4 is 14.8 Å². The quantitative estimate of drug-likeness (QED) is 0.714. The van der Waals surface area contributed by atoms with Gasteiger partial charge in [-0.05, 0) is 29.8 Å². The SMILES string of the molecule is COc1cc(OC)cc(C(=O)Nc2cnn(Cc3cccc(Cl)c3)c2)c1. The zero-order valence-corrected chi connectivity index (χ0v) is 15.2. The molecule has 0 radical (unpaired) electrons. The van der Waals surface area contributed by atoms with Crippen molar-refractivity contribution in [3.05, 3.63) is 71.0 Å². The van der Waals surface area contributed by atoms with Gasteiger partial charge in [0, 0.05) is 22.8 Å².